The number of ether oxygens (including phenoxy) is 2. The molecule has 150 valence electrons. The van der Waals surface area contributed by atoms with Crippen LogP contribution in [0.25, 0.3) is 11.5 Å². The summed E-state index contributed by atoms with van der Waals surface area (Å²) in [4.78, 5) is 14.0. The number of benzene rings is 2. The predicted octanol–water partition coefficient (Wildman–Crippen LogP) is 4.52. The summed E-state index contributed by atoms with van der Waals surface area (Å²) < 4.78 is 16.3. The van der Waals surface area contributed by atoms with Gasteiger partial charge in [-0.3, -0.25) is 4.79 Å². The highest BCUT2D eigenvalue weighted by molar-refractivity contribution is 7.99. The van der Waals surface area contributed by atoms with Gasteiger partial charge in [-0.15, -0.1) is 10.2 Å². The first-order valence-electron chi connectivity index (χ1n) is 8.54. The first-order valence-corrected chi connectivity index (χ1v) is 10.3. The van der Waals surface area contributed by atoms with E-state index in [2.05, 4.69) is 10.2 Å². The van der Waals surface area contributed by atoms with E-state index < -0.39 is 0 Å². The molecule has 1 amide bonds. The molecule has 1 aromatic heterocycles. The minimum Gasteiger partial charge on any atom is -0.454 e. The molecule has 2 aromatic carbocycles. The summed E-state index contributed by atoms with van der Waals surface area (Å²) in [6, 6.07) is 10.7. The molecule has 0 unspecified atom stereocenters. The summed E-state index contributed by atoms with van der Waals surface area (Å²) in [5.41, 5.74) is 1.61. The molecule has 0 radical (unpaired) electrons. The largest absolute Gasteiger partial charge is 0.454 e. The van der Waals surface area contributed by atoms with E-state index in [9.17, 15) is 4.79 Å². The molecule has 0 atom stereocenters. The van der Waals surface area contributed by atoms with Crippen LogP contribution in [0.4, 0.5) is 0 Å². The van der Waals surface area contributed by atoms with E-state index in [0.29, 0.717) is 39.2 Å². The molecule has 1 aliphatic rings. The second kappa shape index (κ2) is 8.52. The molecule has 0 bridgehead atoms. The van der Waals surface area contributed by atoms with Crippen molar-refractivity contribution in [2.75, 3.05) is 19.6 Å². The number of carbonyl (C=O) groups is 1. The predicted molar refractivity (Wildman–Crippen MR) is 110 cm³/mol. The molecule has 0 fully saturated rings. The second-order valence-electron chi connectivity index (χ2n) is 6.23. The van der Waals surface area contributed by atoms with Crippen molar-refractivity contribution in [2.45, 2.75) is 11.8 Å². The van der Waals surface area contributed by atoms with E-state index in [1.807, 2.05) is 12.1 Å². The van der Waals surface area contributed by atoms with Gasteiger partial charge in [0.2, 0.25) is 18.6 Å². The summed E-state index contributed by atoms with van der Waals surface area (Å²) in [7, 11) is 1.72. The van der Waals surface area contributed by atoms with E-state index in [4.69, 9.17) is 37.1 Å². The molecule has 0 saturated carbocycles. The van der Waals surface area contributed by atoms with E-state index in [1.54, 1.807) is 36.2 Å². The lowest BCUT2D eigenvalue weighted by molar-refractivity contribution is -0.127. The van der Waals surface area contributed by atoms with Gasteiger partial charge >= 0.3 is 0 Å². The molecule has 7 nitrogen and oxygen atoms in total. The van der Waals surface area contributed by atoms with Crippen LogP contribution in [-0.4, -0.2) is 40.6 Å². The smallest absolute Gasteiger partial charge is 0.277 e. The molecular weight excluding hydrogens is 437 g/mol. The molecule has 10 heteroatoms. The van der Waals surface area contributed by atoms with Gasteiger partial charge in [0.05, 0.1) is 15.8 Å². The Morgan fingerprint density at radius 1 is 1.10 bits per heavy atom. The summed E-state index contributed by atoms with van der Waals surface area (Å²) in [5.74, 6) is 1.75. The fourth-order valence-corrected chi connectivity index (χ4v) is 3.67. The van der Waals surface area contributed by atoms with Gasteiger partial charge in [-0.2, -0.15) is 0 Å². The lowest BCUT2D eigenvalue weighted by Gasteiger charge is -2.17. The Bertz CT molecular complexity index is 1060. The van der Waals surface area contributed by atoms with Crippen molar-refractivity contribution < 1.29 is 18.7 Å². The number of hydrogen-bond acceptors (Lipinski definition) is 7. The van der Waals surface area contributed by atoms with Crippen LogP contribution in [0, 0.1) is 0 Å². The van der Waals surface area contributed by atoms with Gasteiger partial charge in [0, 0.05) is 19.2 Å². The first kappa shape index (κ1) is 19.9. The quantitative estimate of drug-likeness (QED) is 0.509. The van der Waals surface area contributed by atoms with Crippen molar-refractivity contribution in [3.63, 3.8) is 0 Å². The molecule has 4 rings (SSSR count). The zero-order chi connectivity index (χ0) is 20.4. The average Bonchev–Trinajstić information content (AvgIpc) is 3.37. The molecule has 0 spiro atoms. The van der Waals surface area contributed by atoms with E-state index in [-0.39, 0.29) is 18.5 Å². The number of amides is 1. The van der Waals surface area contributed by atoms with Gasteiger partial charge < -0.3 is 18.8 Å². The van der Waals surface area contributed by atoms with Crippen molar-refractivity contribution in [3.05, 3.63) is 52.0 Å². The van der Waals surface area contributed by atoms with Crippen LogP contribution >= 0.6 is 35.0 Å². The van der Waals surface area contributed by atoms with E-state index in [0.717, 1.165) is 11.1 Å². The summed E-state index contributed by atoms with van der Waals surface area (Å²) in [6.07, 6.45) is 0. The van der Waals surface area contributed by atoms with Crippen LogP contribution in [-0.2, 0) is 11.3 Å². The lowest BCUT2D eigenvalue weighted by atomic mass is 10.2. The van der Waals surface area contributed by atoms with Crippen LogP contribution in [0.2, 0.25) is 10.0 Å². The molecule has 0 saturated heterocycles. The van der Waals surface area contributed by atoms with Crippen LogP contribution in [0.3, 0.4) is 0 Å². The van der Waals surface area contributed by atoms with E-state index >= 15 is 0 Å². The number of rotatable bonds is 6. The summed E-state index contributed by atoms with van der Waals surface area (Å²) >= 11 is 13.1. The fraction of sp³-hybridized carbons (Fsp3) is 0.211. The van der Waals surface area contributed by atoms with Crippen molar-refractivity contribution in [3.8, 4) is 23.0 Å². The molecule has 29 heavy (non-hydrogen) atoms. The Labute approximate surface area is 180 Å². The highest BCUT2D eigenvalue weighted by Gasteiger charge is 2.18. The third-order valence-corrected chi connectivity index (χ3v) is 5.72. The van der Waals surface area contributed by atoms with Gasteiger partial charge in [0.15, 0.2) is 11.5 Å². The normalized spacial score (nSPS) is 12.2. The van der Waals surface area contributed by atoms with Crippen LogP contribution in [0.1, 0.15) is 5.56 Å². The van der Waals surface area contributed by atoms with Crippen LogP contribution < -0.4 is 9.47 Å². The molecule has 3 aromatic rings. The fourth-order valence-electron chi connectivity index (χ4n) is 2.65. The number of thioether (sulfide) groups is 1. The minimum atomic E-state index is -0.0797. The van der Waals surface area contributed by atoms with Crippen LogP contribution in [0.5, 0.6) is 11.5 Å². The standard InChI is InChI=1S/C19H15Cl2N3O4S/c1-24(8-11-2-4-13(20)14(21)6-11)17(25)9-29-19-23-22-18(28-19)12-3-5-15-16(7-12)27-10-26-15/h2-7H,8-10H2,1H3. The molecule has 0 N–H and O–H groups in total. The van der Waals surface area contributed by atoms with Gasteiger partial charge in [-0.1, -0.05) is 41.0 Å². The first-order chi connectivity index (χ1) is 14.0. The topological polar surface area (TPSA) is 77.7 Å². The Balaban J connectivity index is 1.34. The zero-order valence-corrected chi connectivity index (χ0v) is 17.6. The molecular formula is C19H15Cl2N3O4S. The number of fused-ring (bicyclic) bond motifs is 1. The van der Waals surface area contributed by atoms with Crippen LogP contribution in [0.15, 0.2) is 46.0 Å². The Kier molecular flexibility index (Phi) is 5.84. The SMILES string of the molecule is CN(Cc1ccc(Cl)c(Cl)c1)C(=O)CSc1nnc(-c2ccc3c(c2)OCO3)o1. The molecule has 2 heterocycles. The van der Waals surface area contributed by atoms with E-state index in [1.165, 1.54) is 11.8 Å². The summed E-state index contributed by atoms with van der Waals surface area (Å²) in [6.45, 7) is 0.615. The van der Waals surface area contributed by atoms with Crippen molar-refractivity contribution in [1.29, 1.82) is 0 Å². The lowest BCUT2D eigenvalue weighted by Crippen LogP contribution is -2.27. The maximum atomic E-state index is 12.4. The Morgan fingerprint density at radius 3 is 2.76 bits per heavy atom. The number of hydrogen-bond donors (Lipinski definition) is 0. The van der Waals surface area contributed by atoms with Gasteiger partial charge in [-0.05, 0) is 35.9 Å². The highest BCUT2D eigenvalue weighted by atomic mass is 35.5. The third kappa shape index (κ3) is 4.60. The zero-order valence-electron chi connectivity index (χ0n) is 15.2. The minimum absolute atomic E-state index is 0.0797. The van der Waals surface area contributed by atoms with Crippen molar-refractivity contribution in [2.24, 2.45) is 0 Å². The number of aromatic nitrogens is 2. The maximum Gasteiger partial charge on any atom is 0.277 e. The average molecular weight is 452 g/mol. The number of carbonyl (C=O) groups excluding carboxylic acids is 1. The van der Waals surface area contributed by atoms with Gasteiger partial charge in [-0.25, -0.2) is 0 Å². The van der Waals surface area contributed by atoms with Gasteiger partial charge in [0.25, 0.3) is 5.22 Å². The second-order valence-corrected chi connectivity index (χ2v) is 7.97. The van der Waals surface area contributed by atoms with Gasteiger partial charge in [0.1, 0.15) is 0 Å². The summed E-state index contributed by atoms with van der Waals surface area (Å²) in [5, 5.41) is 9.28. The monoisotopic (exact) mass is 451 g/mol. The Hall–Kier alpha value is -2.42. The highest BCUT2D eigenvalue weighted by Crippen LogP contribution is 2.36. The molecule has 1 aliphatic heterocycles. The van der Waals surface area contributed by atoms with Crippen molar-refractivity contribution >= 4 is 40.9 Å². The maximum absolute atomic E-state index is 12.4. The number of nitrogens with zero attached hydrogens (tertiary/aromatic N) is 3. The number of halogens is 2. The van der Waals surface area contributed by atoms with Crippen molar-refractivity contribution in [1.82, 2.24) is 15.1 Å². The Morgan fingerprint density at radius 2 is 1.93 bits per heavy atom. The third-order valence-electron chi connectivity index (χ3n) is 4.17. The molecule has 0 aliphatic carbocycles.